The molecule has 3 aromatic carbocycles. The number of nitrogens with one attached hydrogen (secondary N) is 1. The Kier molecular flexibility index (Phi) is 6.58. The molecule has 4 heterocycles. The van der Waals surface area contributed by atoms with Crippen molar-refractivity contribution in [1.29, 1.82) is 0 Å². The number of nitrogen functional groups attached to an aromatic ring is 1. The lowest BCUT2D eigenvalue weighted by Gasteiger charge is -2.14. The van der Waals surface area contributed by atoms with E-state index in [1.54, 1.807) is 54.1 Å². The highest BCUT2D eigenvalue weighted by Gasteiger charge is 2.30. The summed E-state index contributed by atoms with van der Waals surface area (Å²) in [7, 11) is 1.57. The van der Waals surface area contributed by atoms with Crippen LogP contribution in [0.4, 0.5) is 10.2 Å². The molecule has 0 atom stereocenters. The first kappa shape index (κ1) is 27.0. The number of nitrogens with zero attached hydrogens (tertiary/aromatic N) is 2. The van der Waals surface area contributed by atoms with E-state index in [-0.39, 0.29) is 46.8 Å². The molecule has 0 saturated heterocycles. The fourth-order valence-corrected chi connectivity index (χ4v) is 5.67. The van der Waals surface area contributed by atoms with Gasteiger partial charge in [0.05, 0.1) is 40.7 Å². The molecule has 9 nitrogen and oxygen atoms in total. The Morgan fingerprint density at radius 1 is 1.05 bits per heavy atom. The van der Waals surface area contributed by atoms with Crippen LogP contribution in [0.1, 0.15) is 21.6 Å². The fraction of sp³-hybridized carbons (Fsp3) is 0.0882. The van der Waals surface area contributed by atoms with E-state index in [0.717, 1.165) is 16.5 Å². The fourth-order valence-electron chi connectivity index (χ4n) is 5.67. The molecule has 44 heavy (non-hydrogen) atoms. The number of esters is 1. The maximum absolute atomic E-state index is 15.5. The molecule has 0 fully saturated rings. The Bertz CT molecular complexity index is 2270. The summed E-state index contributed by atoms with van der Waals surface area (Å²) in [6.45, 7) is 0.0394. The van der Waals surface area contributed by atoms with Crippen molar-refractivity contribution in [2.24, 2.45) is 0 Å². The second-order valence-electron chi connectivity index (χ2n) is 10.3. The minimum Gasteiger partial charge on any atom is -0.497 e. The number of para-hydroxylation sites is 1. The van der Waals surface area contributed by atoms with Gasteiger partial charge in [-0.15, -0.1) is 0 Å². The molecule has 3 N–H and O–H groups in total. The number of aromatic nitrogens is 3. The Hall–Kier alpha value is -5.90. The van der Waals surface area contributed by atoms with Gasteiger partial charge >= 0.3 is 5.97 Å². The van der Waals surface area contributed by atoms with Gasteiger partial charge in [0.2, 0.25) is 0 Å². The van der Waals surface area contributed by atoms with Crippen LogP contribution in [0.5, 0.6) is 5.75 Å². The predicted octanol–water partition coefficient (Wildman–Crippen LogP) is 6.43. The summed E-state index contributed by atoms with van der Waals surface area (Å²) in [6, 6.07) is 22.4. The molecule has 218 valence electrons. The summed E-state index contributed by atoms with van der Waals surface area (Å²) in [5, 5.41) is 1.44. The molecule has 0 radical (unpaired) electrons. The van der Waals surface area contributed by atoms with Crippen LogP contribution in [0.25, 0.3) is 43.9 Å². The normalized spacial score (nSPS) is 11.4. The van der Waals surface area contributed by atoms with Gasteiger partial charge in [0.15, 0.2) is 0 Å². The number of carbonyl (C=O) groups is 1. The number of fused-ring (bicyclic) bond motifs is 4. The summed E-state index contributed by atoms with van der Waals surface area (Å²) in [6.07, 6.45) is 2.88. The highest BCUT2D eigenvalue weighted by Crippen LogP contribution is 2.41. The standard InChI is InChI=1S/C34H25FN4O5/c1-42-21-10-8-19(9-11-21)18-44-34(41)31-29(24-6-4-13-37-33(24)40)30-27(16-25(35)23-12-14-43-32(23)30)39(31)17-20-15-28(36)38-26-7-3-2-5-22(20)26/h2-16H,17-18H2,1H3,(H2,36,38)(H,37,40). The van der Waals surface area contributed by atoms with E-state index in [4.69, 9.17) is 19.6 Å². The third-order valence-electron chi connectivity index (χ3n) is 7.68. The molecule has 0 unspecified atom stereocenters. The third kappa shape index (κ3) is 4.53. The van der Waals surface area contributed by atoms with Crippen LogP contribution >= 0.6 is 0 Å². The number of ether oxygens (including phenoxy) is 2. The molecule has 0 amide bonds. The van der Waals surface area contributed by atoms with E-state index in [2.05, 4.69) is 9.97 Å². The summed E-state index contributed by atoms with van der Waals surface area (Å²) in [4.78, 5) is 34.5. The Labute approximate surface area is 249 Å². The summed E-state index contributed by atoms with van der Waals surface area (Å²) >= 11 is 0. The lowest BCUT2D eigenvalue weighted by Crippen LogP contribution is -2.16. The van der Waals surface area contributed by atoms with Crippen LogP contribution < -0.4 is 16.0 Å². The predicted molar refractivity (Wildman–Crippen MR) is 165 cm³/mol. The van der Waals surface area contributed by atoms with Crippen LogP contribution in [0.2, 0.25) is 0 Å². The van der Waals surface area contributed by atoms with Crippen LogP contribution in [0.3, 0.4) is 0 Å². The number of nitrogens with two attached hydrogens (primary N) is 1. The number of carbonyl (C=O) groups excluding carboxylic acids is 1. The number of hydrogen-bond donors (Lipinski definition) is 2. The molecule has 10 heteroatoms. The van der Waals surface area contributed by atoms with E-state index in [1.807, 2.05) is 24.3 Å². The Morgan fingerprint density at radius 3 is 2.66 bits per heavy atom. The number of aromatic amines is 1. The van der Waals surface area contributed by atoms with Gasteiger partial charge < -0.3 is 29.2 Å². The average molecular weight is 589 g/mol. The summed E-state index contributed by atoms with van der Waals surface area (Å²) < 4.78 is 34.1. The quantitative estimate of drug-likeness (QED) is 0.206. The Balaban J connectivity index is 1.50. The molecule has 4 aromatic heterocycles. The van der Waals surface area contributed by atoms with Crippen LogP contribution in [-0.2, 0) is 17.9 Å². The number of methoxy groups -OCH3 is 1. The zero-order valence-corrected chi connectivity index (χ0v) is 23.5. The maximum Gasteiger partial charge on any atom is 0.355 e. The minimum absolute atomic E-state index is 0.0510. The van der Waals surface area contributed by atoms with Gasteiger partial charge in [-0.2, -0.15) is 0 Å². The Morgan fingerprint density at radius 2 is 1.86 bits per heavy atom. The highest BCUT2D eigenvalue weighted by molar-refractivity contribution is 6.17. The van der Waals surface area contributed by atoms with E-state index >= 15 is 4.39 Å². The average Bonchev–Trinajstić information content (AvgIpc) is 3.64. The van der Waals surface area contributed by atoms with E-state index in [9.17, 15) is 9.59 Å². The lowest BCUT2D eigenvalue weighted by atomic mass is 10.0. The topological polar surface area (TPSA) is 125 Å². The van der Waals surface area contributed by atoms with Crippen molar-refractivity contribution in [3.8, 4) is 16.9 Å². The lowest BCUT2D eigenvalue weighted by molar-refractivity contribution is 0.0462. The smallest absolute Gasteiger partial charge is 0.355 e. The molecule has 0 aliphatic rings. The zero-order chi connectivity index (χ0) is 30.4. The third-order valence-corrected chi connectivity index (χ3v) is 7.68. The van der Waals surface area contributed by atoms with Crippen molar-refractivity contribution in [2.75, 3.05) is 12.8 Å². The minimum atomic E-state index is -0.707. The number of halogens is 1. The van der Waals surface area contributed by atoms with Gasteiger partial charge in [0, 0.05) is 23.7 Å². The van der Waals surface area contributed by atoms with Gasteiger partial charge in [-0.1, -0.05) is 30.3 Å². The first-order chi connectivity index (χ1) is 21.4. The molecule has 7 rings (SSSR count). The number of anilines is 1. The SMILES string of the molecule is COc1ccc(COC(=O)c2c(-c3ccc[nH]c3=O)c3c4occc4c(F)cc3n2Cc2cc(N)nc3ccccc23)cc1. The van der Waals surface area contributed by atoms with Crippen LogP contribution in [-0.4, -0.2) is 27.6 Å². The molecule has 0 aliphatic carbocycles. The molecular formula is C34H25FN4O5. The van der Waals surface area contributed by atoms with Gasteiger partial charge in [0.25, 0.3) is 5.56 Å². The van der Waals surface area contributed by atoms with Crippen LogP contribution in [0.15, 0.2) is 101 Å². The molecule has 7 aromatic rings. The van der Waals surface area contributed by atoms with E-state index in [0.29, 0.717) is 22.2 Å². The zero-order valence-electron chi connectivity index (χ0n) is 23.5. The highest BCUT2D eigenvalue weighted by atomic mass is 19.1. The van der Waals surface area contributed by atoms with Crippen molar-refractivity contribution >= 4 is 44.6 Å². The number of rotatable bonds is 7. The second-order valence-corrected chi connectivity index (χ2v) is 10.3. The van der Waals surface area contributed by atoms with Crippen molar-refractivity contribution in [3.63, 3.8) is 0 Å². The molecule has 0 aliphatic heterocycles. The van der Waals surface area contributed by atoms with Crippen molar-refractivity contribution in [2.45, 2.75) is 13.2 Å². The maximum atomic E-state index is 15.5. The van der Waals surface area contributed by atoms with Gasteiger partial charge in [0.1, 0.15) is 35.3 Å². The van der Waals surface area contributed by atoms with E-state index in [1.165, 1.54) is 24.6 Å². The first-order valence-corrected chi connectivity index (χ1v) is 13.8. The molecule has 0 spiro atoms. The summed E-state index contributed by atoms with van der Waals surface area (Å²) in [5.74, 6) is -0.287. The van der Waals surface area contributed by atoms with Crippen LogP contribution in [0, 0.1) is 5.82 Å². The number of hydrogen-bond acceptors (Lipinski definition) is 7. The molecular weight excluding hydrogens is 563 g/mol. The number of benzene rings is 3. The van der Waals surface area contributed by atoms with Gasteiger partial charge in [-0.05, 0) is 59.7 Å². The monoisotopic (exact) mass is 588 g/mol. The van der Waals surface area contributed by atoms with Crippen molar-refractivity contribution in [1.82, 2.24) is 14.5 Å². The van der Waals surface area contributed by atoms with Gasteiger partial charge in [-0.3, -0.25) is 4.79 Å². The molecule has 0 bridgehead atoms. The number of H-pyrrole nitrogens is 1. The number of pyridine rings is 2. The second kappa shape index (κ2) is 10.7. The van der Waals surface area contributed by atoms with Gasteiger partial charge in [-0.25, -0.2) is 14.2 Å². The molecule has 0 saturated carbocycles. The van der Waals surface area contributed by atoms with Crippen molar-refractivity contribution in [3.05, 3.63) is 124 Å². The first-order valence-electron chi connectivity index (χ1n) is 13.8. The summed E-state index contributed by atoms with van der Waals surface area (Å²) in [5.41, 5.74) is 8.98. The largest absolute Gasteiger partial charge is 0.497 e. The van der Waals surface area contributed by atoms with E-state index < -0.39 is 17.3 Å². The van der Waals surface area contributed by atoms with Crippen molar-refractivity contribution < 1.29 is 23.1 Å². The number of furan rings is 1.